The van der Waals surface area contributed by atoms with Crippen molar-refractivity contribution in [3.8, 4) is 0 Å². The first kappa shape index (κ1) is 22.7. The van der Waals surface area contributed by atoms with Gasteiger partial charge in [0.25, 0.3) is 0 Å². The Kier molecular flexibility index (Phi) is 6.55. The van der Waals surface area contributed by atoms with E-state index in [1.807, 2.05) is 13.1 Å². The van der Waals surface area contributed by atoms with E-state index in [1.165, 1.54) is 14.2 Å². The predicted molar refractivity (Wildman–Crippen MR) is 104 cm³/mol. The van der Waals surface area contributed by atoms with Gasteiger partial charge in [-0.15, -0.1) is 0 Å². The van der Waals surface area contributed by atoms with Crippen LogP contribution in [0.1, 0.15) is 40.0 Å². The summed E-state index contributed by atoms with van der Waals surface area (Å²) >= 11 is 0. The molecule has 0 heterocycles. The van der Waals surface area contributed by atoms with Crippen LogP contribution < -0.4 is 0 Å². The summed E-state index contributed by atoms with van der Waals surface area (Å²) in [4.78, 5) is 50.9. The molecule has 0 N–H and O–H groups in total. The Bertz CT molecular complexity index is 664. The lowest BCUT2D eigenvalue weighted by atomic mass is 9.72. The lowest BCUT2D eigenvalue weighted by Crippen LogP contribution is -2.50. The Hall–Kier alpha value is -1.54. The predicted octanol–water partition coefficient (Wildman–Crippen LogP) is 2.52. The molecule has 7 nitrogen and oxygen atoms in total. The second-order valence-corrected chi connectivity index (χ2v) is 14.1. The summed E-state index contributed by atoms with van der Waals surface area (Å²) in [5.41, 5.74) is 0. The number of carbonyl (C=O) groups is 4. The molecule has 0 aliphatic heterocycles. The zero-order valence-corrected chi connectivity index (χ0v) is 18.9. The van der Waals surface area contributed by atoms with Crippen LogP contribution in [-0.2, 0) is 33.1 Å². The Balaban J connectivity index is 2.58. The maximum atomic E-state index is 13.0. The van der Waals surface area contributed by atoms with Gasteiger partial charge < -0.3 is 13.9 Å². The van der Waals surface area contributed by atoms with Crippen molar-refractivity contribution in [1.82, 2.24) is 0 Å². The first-order valence-electron chi connectivity index (χ1n) is 9.75. The van der Waals surface area contributed by atoms with Crippen molar-refractivity contribution < 1.29 is 33.1 Å². The summed E-state index contributed by atoms with van der Waals surface area (Å²) in [6.45, 7) is 10.3. The molecule has 0 aromatic rings. The first-order chi connectivity index (χ1) is 12.9. The molecule has 0 aromatic carbocycles. The number of rotatable bonds is 4. The molecular formula is C20H32O7Si. The van der Waals surface area contributed by atoms with Crippen molar-refractivity contribution in [2.24, 2.45) is 23.7 Å². The molecule has 158 valence electrons. The molecule has 0 saturated heterocycles. The SMILES string of the molecule is COC(=O)[C@@H]1[C@@H](C(=O)OC)[C@H]2CCC(=O)[C@@H](C[C@@H]1O[Si](C)(C)C(C)(C)C)C2=O. The van der Waals surface area contributed by atoms with Crippen molar-refractivity contribution in [2.45, 2.75) is 64.3 Å². The molecule has 0 unspecified atom stereocenters. The van der Waals surface area contributed by atoms with E-state index < -0.39 is 50.0 Å². The second-order valence-electron chi connectivity index (χ2n) is 9.32. The average molecular weight is 413 g/mol. The van der Waals surface area contributed by atoms with Crippen LogP contribution in [0, 0.1) is 23.7 Å². The molecule has 2 aliphatic carbocycles. The molecule has 0 amide bonds. The summed E-state index contributed by atoms with van der Waals surface area (Å²) < 4.78 is 16.5. The van der Waals surface area contributed by atoms with Crippen molar-refractivity contribution in [2.75, 3.05) is 14.2 Å². The average Bonchev–Trinajstić information content (AvgIpc) is 2.67. The van der Waals surface area contributed by atoms with Crippen LogP contribution in [0.15, 0.2) is 0 Å². The van der Waals surface area contributed by atoms with Crippen molar-refractivity contribution in [1.29, 1.82) is 0 Å². The van der Waals surface area contributed by atoms with Crippen molar-refractivity contribution >= 4 is 31.8 Å². The third kappa shape index (κ3) is 4.08. The Labute approximate surface area is 167 Å². The van der Waals surface area contributed by atoms with E-state index in [9.17, 15) is 19.2 Å². The molecule has 5 atom stereocenters. The summed E-state index contributed by atoms with van der Waals surface area (Å²) in [6, 6.07) is 0. The maximum absolute atomic E-state index is 13.0. The molecule has 0 aromatic heterocycles. The molecule has 2 fully saturated rings. The van der Waals surface area contributed by atoms with E-state index in [0.717, 1.165) is 0 Å². The van der Waals surface area contributed by atoms with Crippen LogP contribution >= 0.6 is 0 Å². The van der Waals surface area contributed by atoms with Gasteiger partial charge in [-0.05, 0) is 31.0 Å². The van der Waals surface area contributed by atoms with Gasteiger partial charge in [0, 0.05) is 12.3 Å². The van der Waals surface area contributed by atoms with Crippen molar-refractivity contribution in [3.05, 3.63) is 0 Å². The fourth-order valence-corrected chi connectivity index (χ4v) is 5.41. The van der Waals surface area contributed by atoms with Gasteiger partial charge in [-0.25, -0.2) is 0 Å². The molecule has 8 heteroatoms. The van der Waals surface area contributed by atoms with Crippen LogP contribution in [0.25, 0.3) is 0 Å². The van der Waals surface area contributed by atoms with Gasteiger partial charge in [-0.2, -0.15) is 0 Å². The number of hydrogen-bond donors (Lipinski definition) is 0. The largest absolute Gasteiger partial charge is 0.469 e. The zero-order chi connectivity index (χ0) is 21.4. The van der Waals surface area contributed by atoms with E-state index in [2.05, 4.69) is 20.8 Å². The highest BCUT2D eigenvalue weighted by Crippen LogP contribution is 2.46. The second kappa shape index (κ2) is 8.06. The lowest BCUT2D eigenvalue weighted by Gasteiger charge is -2.41. The minimum Gasteiger partial charge on any atom is -0.469 e. The normalized spacial score (nSPS) is 31.2. The third-order valence-electron chi connectivity index (χ3n) is 6.69. The van der Waals surface area contributed by atoms with Gasteiger partial charge in [0.2, 0.25) is 0 Å². The van der Waals surface area contributed by atoms with Crippen LogP contribution in [0.4, 0.5) is 0 Å². The van der Waals surface area contributed by atoms with Gasteiger partial charge in [-0.1, -0.05) is 20.8 Å². The number of carbonyl (C=O) groups excluding carboxylic acids is 4. The van der Waals surface area contributed by atoms with E-state index in [4.69, 9.17) is 13.9 Å². The molecule has 2 saturated carbocycles. The third-order valence-corrected chi connectivity index (χ3v) is 11.2. The number of ether oxygens (including phenoxy) is 2. The van der Waals surface area contributed by atoms with Gasteiger partial charge in [0.05, 0.1) is 38.1 Å². The van der Waals surface area contributed by atoms with Crippen LogP contribution in [0.5, 0.6) is 0 Å². The number of methoxy groups -OCH3 is 2. The molecule has 2 bridgehead atoms. The van der Waals surface area contributed by atoms with E-state index >= 15 is 0 Å². The molecule has 0 spiro atoms. The zero-order valence-electron chi connectivity index (χ0n) is 17.9. The van der Waals surface area contributed by atoms with Gasteiger partial charge in [0.15, 0.2) is 8.32 Å². The Morgan fingerprint density at radius 2 is 1.54 bits per heavy atom. The van der Waals surface area contributed by atoms with Crippen LogP contribution in [0.3, 0.4) is 0 Å². The molecular weight excluding hydrogens is 380 g/mol. The highest BCUT2D eigenvalue weighted by atomic mass is 28.4. The lowest BCUT2D eigenvalue weighted by molar-refractivity contribution is -0.165. The molecule has 2 rings (SSSR count). The van der Waals surface area contributed by atoms with Crippen LogP contribution in [-0.4, -0.2) is 52.1 Å². The monoisotopic (exact) mass is 412 g/mol. The van der Waals surface area contributed by atoms with Gasteiger partial charge >= 0.3 is 11.9 Å². The molecule has 28 heavy (non-hydrogen) atoms. The first-order valence-corrected chi connectivity index (χ1v) is 12.7. The number of fused-ring (bicyclic) bond motifs is 2. The number of esters is 2. The molecule has 2 aliphatic rings. The smallest absolute Gasteiger partial charge is 0.312 e. The fourth-order valence-electron chi connectivity index (χ4n) is 4.05. The van der Waals surface area contributed by atoms with Crippen molar-refractivity contribution in [3.63, 3.8) is 0 Å². The number of hydrogen-bond acceptors (Lipinski definition) is 7. The summed E-state index contributed by atoms with van der Waals surface area (Å²) in [5.74, 6) is -5.20. The fraction of sp³-hybridized carbons (Fsp3) is 0.800. The standard InChI is InChI=1S/C20H32O7Si/c1-20(2,3)28(6,7)27-14-10-12-13(21)9-8-11(17(12)22)15(18(23)25-4)16(14)19(24)26-5/h11-12,14-16H,8-10H2,1-7H3/t11-,12-,14+,15+,16+/m1/s1. The van der Waals surface area contributed by atoms with Gasteiger partial charge in [0.1, 0.15) is 11.6 Å². The Morgan fingerprint density at radius 3 is 2.04 bits per heavy atom. The highest BCUT2D eigenvalue weighted by molar-refractivity contribution is 6.74. The maximum Gasteiger partial charge on any atom is 0.312 e. The van der Waals surface area contributed by atoms with Crippen LogP contribution in [0.2, 0.25) is 18.1 Å². The Morgan fingerprint density at radius 1 is 1.00 bits per heavy atom. The van der Waals surface area contributed by atoms with Gasteiger partial charge in [-0.3, -0.25) is 19.2 Å². The van der Waals surface area contributed by atoms with E-state index in [-0.39, 0.29) is 35.9 Å². The minimum absolute atomic E-state index is 0.105. The van der Waals surface area contributed by atoms with E-state index in [0.29, 0.717) is 0 Å². The summed E-state index contributed by atoms with van der Waals surface area (Å²) in [7, 11) is 0.131. The number of Topliss-reactive ketones (excluding diaryl/α,β-unsaturated/α-hetero) is 2. The minimum atomic E-state index is -2.36. The highest BCUT2D eigenvalue weighted by Gasteiger charge is 2.57. The topological polar surface area (TPSA) is 96.0 Å². The quantitative estimate of drug-likeness (QED) is 0.398. The summed E-state index contributed by atoms with van der Waals surface area (Å²) in [5, 5.41) is -0.149. The number of ketones is 2. The molecule has 0 radical (unpaired) electrons. The van der Waals surface area contributed by atoms with E-state index in [1.54, 1.807) is 0 Å². The summed E-state index contributed by atoms with van der Waals surface area (Å²) in [6.07, 6.45) is -0.185.